The Balaban J connectivity index is 2.05. The summed E-state index contributed by atoms with van der Waals surface area (Å²) >= 11 is 0. The van der Waals surface area contributed by atoms with Crippen LogP contribution in [0.25, 0.3) is 0 Å². The van der Waals surface area contributed by atoms with E-state index in [0.717, 1.165) is 25.3 Å². The molecule has 2 rings (SSSR count). The minimum atomic E-state index is 0.0815. The molecule has 1 fully saturated rings. The maximum Gasteiger partial charge on any atom is 0.123 e. The molecule has 1 aromatic carbocycles. The molecule has 2 nitrogen and oxygen atoms in total. The Morgan fingerprint density at radius 2 is 2.00 bits per heavy atom. The van der Waals surface area contributed by atoms with Crippen molar-refractivity contribution in [2.75, 3.05) is 13.1 Å². The summed E-state index contributed by atoms with van der Waals surface area (Å²) in [5, 5.41) is 3.51. The van der Waals surface area contributed by atoms with E-state index in [1.54, 1.807) is 0 Å². The highest BCUT2D eigenvalue weighted by molar-refractivity contribution is 5.39. The Morgan fingerprint density at radius 3 is 2.57 bits per heavy atom. The van der Waals surface area contributed by atoms with Gasteiger partial charge in [0, 0.05) is 0 Å². The summed E-state index contributed by atoms with van der Waals surface area (Å²) in [4.78, 5) is 0. The molecule has 118 valence electrons. The molecule has 0 atom stereocenters. The lowest BCUT2D eigenvalue weighted by Gasteiger charge is -2.43. The van der Waals surface area contributed by atoms with E-state index < -0.39 is 0 Å². The maximum absolute atomic E-state index is 6.55. The highest BCUT2D eigenvalue weighted by Gasteiger charge is 2.39. The monoisotopic (exact) mass is 289 g/mol. The van der Waals surface area contributed by atoms with Gasteiger partial charge in [0.2, 0.25) is 0 Å². The Hall–Kier alpha value is -1.02. The van der Waals surface area contributed by atoms with Crippen molar-refractivity contribution in [2.24, 2.45) is 0 Å². The van der Waals surface area contributed by atoms with Crippen LogP contribution in [0.5, 0.6) is 5.75 Å². The summed E-state index contributed by atoms with van der Waals surface area (Å²) < 4.78 is 6.55. The predicted molar refractivity (Wildman–Crippen MR) is 90.3 cm³/mol. The van der Waals surface area contributed by atoms with Crippen LogP contribution >= 0.6 is 0 Å². The molecule has 0 heterocycles. The molecule has 2 heteroatoms. The van der Waals surface area contributed by atoms with Crippen LogP contribution in [-0.2, 0) is 0 Å². The van der Waals surface area contributed by atoms with E-state index in [0.29, 0.717) is 5.92 Å². The Morgan fingerprint density at radius 1 is 1.24 bits per heavy atom. The zero-order valence-corrected chi connectivity index (χ0v) is 14.2. The van der Waals surface area contributed by atoms with Crippen LogP contribution in [0.4, 0.5) is 0 Å². The van der Waals surface area contributed by atoms with Gasteiger partial charge in [-0.1, -0.05) is 32.9 Å². The van der Waals surface area contributed by atoms with Crippen LogP contribution < -0.4 is 10.1 Å². The normalized spacial score (nSPS) is 16.8. The summed E-state index contributed by atoms with van der Waals surface area (Å²) in [6.45, 7) is 11.0. The van der Waals surface area contributed by atoms with Crippen molar-refractivity contribution >= 4 is 0 Å². The quantitative estimate of drug-likeness (QED) is 0.693. The molecule has 0 aromatic heterocycles. The van der Waals surface area contributed by atoms with Crippen molar-refractivity contribution in [3.05, 3.63) is 29.3 Å². The van der Waals surface area contributed by atoms with Gasteiger partial charge >= 0.3 is 0 Å². The highest BCUT2D eigenvalue weighted by Crippen LogP contribution is 2.41. The molecule has 0 radical (unpaired) electrons. The first-order valence-corrected chi connectivity index (χ1v) is 8.56. The van der Waals surface area contributed by atoms with Crippen molar-refractivity contribution in [3.8, 4) is 5.75 Å². The number of benzene rings is 1. The van der Waals surface area contributed by atoms with Crippen LogP contribution in [-0.4, -0.2) is 18.7 Å². The van der Waals surface area contributed by atoms with Crippen molar-refractivity contribution in [1.82, 2.24) is 5.32 Å². The van der Waals surface area contributed by atoms with Crippen molar-refractivity contribution < 1.29 is 4.74 Å². The van der Waals surface area contributed by atoms with Crippen molar-refractivity contribution in [2.45, 2.75) is 71.3 Å². The van der Waals surface area contributed by atoms with Crippen LogP contribution in [0.15, 0.2) is 18.2 Å². The van der Waals surface area contributed by atoms with Gasteiger partial charge in [0.25, 0.3) is 0 Å². The molecule has 1 aliphatic rings. The van der Waals surface area contributed by atoms with E-state index in [4.69, 9.17) is 4.74 Å². The summed E-state index contributed by atoms with van der Waals surface area (Å²) in [5.74, 6) is 1.62. The minimum absolute atomic E-state index is 0.0815. The van der Waals surface area contributed by atoms with E-state index in [1.165, 1.54) is 36.8 Å². The van der Waals surface area contributed by atoms with Crippen LogP contribution in [0.1, 0.15) is 69.9 Å². The van der Waals surface area contributed by atoms with Gasteiger partial charge < -0.3 is 10.1 Å². The molecule has 0 amide bonds. The second-order valence-corrected chi connectivity index (χ2v) is 6.83. The standard InChI is InChI=1S/C19H31NO/c1-5-12-20-13-11-19(9-6-10-19)21-18-14-16(4)7-8-17(18)15(2)3/h7-8,14-15,20H,5-6,9-13H2,1-4H3. The van der Waals surface area contributed by atoms with Gasteiger partial charge in [-0.15, -0.1) is 0 Å². The topological polar surface area (TPSA) is 21.3 Å². The van der Waals surface area contributed by atoms with E-state index in [1.807, 2.05) is 0 Å². The fourth-order valence-corrected chi connectivity index (χ4v) is 3.03. The summed E-state index contributed by atoms with van der Waals surface area (Å²) in [7, 11) is 0. The molecule has 1 aliphatic carbocycles. The van der Waals surface area contributed by atoms with Gasteiger partial charge in [0.05, 0.1) is 0 Å². The van der Waals surface area contributed by atoms with E-state index in [2.05, 4.69) is 51.2 Å². The average molecular weight is 289 g/mol. The van der Waals surface area contributed by atoms with Gasteiger partial charge in [-0.2, -0.15) is 0 Å². The lowest BCUT2D eigenvalue weighted by atomic mass is 9.77. The molecular formula is C19H31NO. The molecule has 0 unspecified atom stereocenters. The molecule has 0 saturated heterocycles. The third-order valence-electron chi connectivity index (χ3n) is 4.57. The fourth-order valence-electron chi connectivity index (χ4n) is 3.03. The molecule has 21 heavy (non-hydrogen) atoms. The number of hydrogen-bond donors (Lipinski definition) is 1. The van der Waals surface area contributed by atoms with Gasteiger partial charge in [0.1, 0.15) is 11.4 Å². The number of hydrogen-bond acceptors (Lipinski definition) is 2. The fraction of sp³-hybridized carbons (Fsp3) is 0.684. The van der Waals surface area contributed by atoms with Crippen molar-refractivity contribution in [3.63, 3.8) is 0 Å². The van der Waals surface area contributed by atoms with E-state index >= 15 is 0 Å². The summed E-state index contributed by atoms with van der Waals surface area (Å²) in [5.41, 5.74) is 2.71. The minimum Gasteiger partial charge on any atom is -0.487 e. The third kappa shape index (κ3) is 4.23. The molecule has 1 aromatic rings. The summed E-state index contributed by atoms with van der Waals surface area (Å²) in [6, 6.07) is 6.64. The van der Waals surface area contributed by atoms with Crippen LogP contribution in [0.2, 0.25) is 0 Å². The Kier molecular flexibility index (Phi) is 5.69. The zero-order chi connectivity index (χ0) is 15.3. The molecular weight excluding hydrogens is 258 g/mol. The predicted octanol–water partition coefficient (Wildman–Crippen LogP) is 4.81. The number of nitrogens with one attached hydrogen (secondary N) is 1. The molecule has 1 saturated carbocycles. The number of aryl methyl sites for hydroxylation is 1. The Bertz CT molecular complexity index is 449. The SMILES string of the molecule is CCCNCCC1(Oc2cc(C)ccc2C(C)C)CCC1. The average Bonchev–Trinajstić information content (AvgIpc) is 2.40. The second kappa shape index (κ2) is 7.31. The Labute approximate surface area is 130 Å². The zero-order valence-electron chi connectivity index (χ0n) is 14.2. The molecule has 0 aliphatic heterocycles. The third-order valence-corrected chi connectivity index (χ3v) is 4.57. The van der Waals surface area contributed by atoms with Gasteiger partial charge in [0.15, 0.2) is 0 Å². The summed E-state index contributed by atoms with van der Waals surface area (Å²) in [6.07, 6.45) is 6.02. The van der Waals surface area contributed by atoms with Gasteiger partial charge in [-0.05, 0) is 75.2 Å². The van der Waals surface area contributed by atoms with Gasteiger partial charge in [-0.3, -0.25) is 0 Å². The lowest BCUT2D eigenvalue weighted by molar-refractivity contribution is -0.0151. The van der Waals surface area contributed by atoms with Crippen LogP contribution in [0, 0.1) is 6.92 Å². The number of rotatable bonds is 8. The van der Waals surface area contributed by atoms with Crippen LogP contribution in [0.3, 0.4) is 0 Å². The van der Waals surface area contributed by atoms with Crippen molar-refractivity contribution in [1.29, 1.82) is 0 Å². The van der Waals surface area contributed by atoms with Gasteiger partial charge in [-0.25, -0.2) is 0 Å². The van der Waals surface area contributed by atoms with E-state index in [-0.39, 0.29) is 5.60 Å². The lowest BCUT2D eigenvalue weighted by Crippen LogP contribution is -2.45. The maximum atomic E-state index is 6.55. The first-order chi connectivity index (χ1) is 10.1. The molecule has 0 spiro atoms. The first-order valence-electron chi connectivity index (χ1n) is 8.56. The molecule has 1 N–H and O–H groups in total. The number of ether oxygens (including phenoxy) is 1. The molecule has 0 bridgehead atoms. The van der Waals surface area contributed by atoms with E-state index in [9.17, 15) is 0 Å². The first kappa shape index (κ1) is 16.4. The second-order valence-electron chi connectivity index (χ2n) is 6.83. The smallest absolute Gasteiger partial charge is 0.123 e. The largest absolute Gasteiger partial charge is 0.487 e. The highest BCUT2D eigenvalue weighted by atomic mass is 16.5.